The molecule has 0 saturated heterocycles. The number of nitro benzene ring substituents is 1. The summed E-state index contributed by atoms with van der Waals surface area (Å²) in [4.78, 5) is 9.72. The molecule has 1 aromatic carbocycles. The van der Waals surface area contributed by atoms with Crippen molar-refractivity contribution >= 4 is 11.9 Å². The van der Waals surface area contributed by atoms with E-state index in [1.54, 1.807) is 12.1 Å². The van der Waals surface area contributed by atoms with Crippen LogP contribution in [-0.2, 0) is 0 Å². The molecule has 11 heavy (non-hydrogen) atoms. The molecule has 0 aliphatic carbocycles. The lowest BCUT2D eigenvalue weighted by molar-refractivity contribution is -0.384. The molecule has 0 spiro atoms. The van der Waals surface area contributed by atoms with Crippen LogP contribution in [0.3, 0.4) is 0 Å². The minimum atomic E-state index is -0.479. The van der Waals surface area contributed by atoms with Gasteiger partial charge in [-0.25, -0.2) is 0 Å². The second kappa shape index (κ2) is 2.92. The van der Waals surface area contributed by atoms with Gasteiger partial charge in [-0.05, 0) is 5.56 Å². The number of nitro groups is 1. The third kappa shape index (κ3) is 1.61. The normalized spacial score (nSPS) is 9.09. The van der Waals surface area contributed by atoms with Crippen molar-refractivity contribution in [3.05, 3.63) is 39.9 Å². The van der Waals surface area contributed by atoms with E-state index in [4.69, 9.17) is 5.41 Å². The quantitative estimate of drug-likeness (QED) is 0.395. The molecule has 0 fully saturated rings. The Morgan fingerprint density at radius 3 is 2.82 bits per heavy atom. The van der Waals surface area contributed by atoms with Crippen molar-refractivity contribution in [1.82, 2.24) is 0 Å². The fraction of sp³-hybridized carbons (Fsp3) is 0. The number of rotatable bonds is 2. The van der Waals surface area contributed by atoms with Crippen LogP contribution in [0.15, 0.2) is 24.3 Å². The van der Waals surface area contributed by atoms with Crippen molar-refractivity contribution < 1.29 is 4.92 Å². The van der Waals surface area contributed by atoms with Gasteiger partial charge in [-0.2, -0.15) is 0 Å². The molecule has 4 nitrogen and oxygen atoms in total. The summed E-state index contributed by atoms with van der Waals surface area (Å²) in [5.74, 6) is 0. The first-order chi connectivity index (χ1) is 5.24. The minimum Gasteiger partial charge on any atom is -0.308 e. The van der Waals surface area contributed by atoms with Gasteiger partial charge in [0.25, 0.3) is 5.69 Å². The standard InChI is InChI=1S/C7H6N2O2/c8-5-6-2-1-3-7(4-6)9(10)11/h1-5,8H. The van der Waals surface area contributed by atoms with Crippen LogP contribution in [0.2, 0.25) is 0 Å². The fourth-order valence-corrected chi connectivity index (χ4v) is 0.728. The average molecular weight is 150 g/mol. The van der Waals surface area contributed by atoms with Crippen molar-refractivity contribution in [3.63, 3.8) is 0 Å². The fourth-order valence-electron chi connectivity index (χ4n) is 0.728. The van der Waals surface area contributed by atoms with Crippen LogP contribution in [0.4, 0.5) is 5.69 Å². The summed E-state index contributed by atoms with van der Waals surface area (Å²) in [5.41, 5.74) is 0.560. The SMILES string of the molecule is N=Cc1cccc([N+](=O)[O-])c1. The van der Waals surface area contributed by atoms with Gasteiger partial charge in [-0.15, -0.1) is 0 Å². The molecule has 1 rings (SSSR count). The summed E-state index contributed by atoms with van der Waals surface area (Å²) >= 11 is 0. The van der Waals surface area contributed by atoms with Crippen LogP contribution in [0.1, 0.15) is 5.56 Å². The molecule has 4 heteroatoms. The van der Waals surface area contributed by atoms with Gasteiger partial charge in [0.2, 0.25) is 0 Å². The molecule has 0 atom stereocenters. The van der Waals surface area contributed by atoms with Crippen molar-refractivity contribution in [3.8, 4) is 0 Å². The first kappa shape index (κ1) is 7.40. The molecule has 0 unspecified atom stereocenters. The van der Waals surface area contributed by atoms with E-state index in [0.717, 1.165) is 6.21 Å². The zero-order valence-corrected chi connectivity index (χ0v) is 5.65. The van der Waals surface area contributed by atoms with E-state index >= 15 is 0 Å². The Balaban J connectivity index is 3.10. The summed E-state index contributed by atoms with van der Waals surface area (Å²) in [6, 6.07) is 5.94. The highest BCUT2D eigenvalue weighted by Gasteiger charge is 2.02. The lowest BCUT2D eigenvalue weighted by atomic mass is 10.2. The van der Waals surface area contributed by atoms with Crippen molar-refractivity contribution in [1.29, 1.82) is 5.41 Å². The molecule has 0 amide bonds. The first-order valence-electron chi connectivity index (χ1n) is 2.99. The van der Waals surface area contributed by atoms with Crippen LogP contribution >= 0.6 is 0 Å². The lowest BCUT2D eigenvalue weighted by Gasteiger charge is -1.91. The van der Waals surface area contributed by atoms with Crippen LogP contribution in [-0.4, -0.2) is 11.1 Å². The van der Waals surface area contributed by atoms with Crippen LogP contribution in [0.25, 0.3) is 0 Å². The lowest BCUT2D eigenvalue weighted by Crippen LogP contribution is -1.88. The van der Waals surface area contributed by atoms with Gasteiger partial charge in [0, 0.05) is 18.3 Å². The summed E-state index contributed by atoms with van der Waals surface area (Å²) in [5, 5.41) is 17.0. The predicted molar refractivity (Wildman–Crippen MR) is 41.0 cm³/mol. The number of nitrogens with one attached hydrogen (secondary N) is 1. The van der Waals surface area contributed by atoms with Crippen molar-refractivity contribution in [2.75, 3.05) is 0 Å². The van der Waals surface area contributed by atoms with Gasteiger partial charge in [-0.3, -0.25) is 10.1 Å². The largest absolute Gasteiger partial charge is 0.308 e. The number of hydrogen-bond donors (Lipinski definition) is 1. The van der Waals surface area contributed by atoms with E-state index in [2.05, 4.69) is 0 Å². The van der Waals surface area contributed by atoms with Crippen LogP contribution in [0, 0.1) is 15.5 Å². The Hall–Kier alpha value is -1.71. The van der Waals surface area contributed by atoms with Crippen LogP contribution in [0.5, 0.6) is 0 Å². The predicted octanol–water partition coefficient (Wildman–Crippen LogP) is 1.59. The molecule has 0 saturated carbocycles. The van der Waals surface area contributed by atoms with E-state index in [9.17, 15) is 10.1 Å². The Kier molecular flexibility index (Phi) is 1.96. The van der Waals surface area contributed by atoms with Crippen molar-refractivity contribution in [2.45, 2.75) is 0 Å². The summed E-state index contributed by atoms with van der Waals surface area (Å²) in [6.45, 7) is 0. The van der Waals surface area contributed by atoms with E-state index in [1.807, 2.05) is 0 Å². The zero-order valence-electron chi connectivity index (χ0n) is 5.65. The summed E-state index contributed by atoms with van der Waals surface area (Å²) in [7, 11) is 0. The summed E-state index contributed by atoms with van der Waals surface area (Å²) in [6.07, 6.45) is 1.08. The van der Waals surface area contributed by atoms with Gasteiger partial charge >= 0.3 is 0 Å². The van der Waals surface area contributed by atoms with Crippen LogP contribution < -0.4 is 0 Å². The maximum absolute atomic E-state index is 10.2. The number of benzene rings is 1. The molecule has 0 radical (unpaired) electrons. The Bertz CT molecular complexity index is 296. The van der Waals surface area contributed by atoms with E-state index in [1.165, 1.54) is 12.1 Å². The number of hydrogen-bond acceptors (Lipinski definition) is 3. The maximum Gasteiger partial charge on any atom is 0.270 e. The first-order valence-corrected chi connectivity index (χ1v) is 2.99. The molecule has 0 aliphatic heterocycles. The molecular formula is C7H6N2O2. The summed E-state index contributed by atoms with van der Waals surface area (Å²) < 4.78 is 0. The minimum absolute atomic E-state index is 0.0194. The second-order valence-corrected chi connectivity index (χ2v) is 2.00. The number of nitrogens with zero attached hydrogens (tertiary/aromatic N) is 1. The van der Waals surface area contributed by atoms with Gasteiger partial charge in [0.1, 0.15) is 0 Å². The van der Waals surface area contributed by atoms with E-state index < -0.39 is 4.92 Å². The molecule has 1 N–H and O–H groups in total. The third-order valence-electron chi connectivity index (χ3n) is 1.25. The maximum atomic E-state index is 10.2. The molecule has 56 valence electrons. The third-order valence-corrected chi connectivity index (χ3v) is 1.25. The highest BCUT2D eigenvalue weighted by molar-refractivity contribution is 5.77. The van der Waals surface area contributed by atoms with E-state index in [-0.39, 0.29) is 5.69 Å². The smallest absolute Gasteiger partial charge is 0.270 e. The molecule has 0 aromatic heterocycles. The molecule has 0 aliphatic rings. The van der Waals surface area contributed by atoms with E-state index in [0.29, 0.717) is 5.56 Å². The number of non-ortho nitro benzene ring substituents is 1. The highest BCUT2D eigenvalue weighted by Crippen LogP contribution is 2.10. The Morgan fingerprint density at radius 2 is 2.27 bits per heavy atom. The highest BCUT2D eigenvalue weighted by atomic mass is 16.6. The zero-order chi connectivity index (χ0) is 8.27. The van der Waals surface area contributed by atoms with Gasteiger partial charge < -0.3 is 5.41 Å². The molecule has 1 aromatic rings. The second-order valence-electron chi connectivity index (χ2n) is 2.00. The van der Waals surface area contributed by atoms with Gasteiger partial charge in [-0.1, -0.05) is 12.1 Å². The molecule has 0 heterocycles. The molecular weight excluding hydrogens is 144 g/mol. The topological polar surface area (TPSA) is 67.0 Å². The Morgan fingerprint density at radius 1 is 1.55 bits per heavy atom. The monoisotopic (exact) mass is 150 g/mol. The van der Waals surface area contributed by atoms with Crippen molar-refractivity contribution in [2.24, 2.45) is 0 Å². The van der Waals surface area contributed by atoms with Gasteiger partial charge in [0.15, 0.2) is 0 Å². The Labute approximate surface area is 63.1 Å². The van der Waals surface area contributed by atoms with Gasteiger partial charge in [0.05, 0.1) is 4.92 Å². The average Bonchev–Trinajstić information content (AvgIpc) is 2.05. The molecule has 0 bridgehead atoms.